The van der Waals surface area contributed by atoms with Gasteiger partial charge in [-0.2, -0.15) is 11.8 Å². The Morgan fingerprint density at radius 3 is 2.83 bits per heavy atom. The van der Waals surface area contributed by atoms with Gasteiger partial charge in [0.1, 0.15) is 0 Å². The van der Waals surface area contributed by atoms with E-state index in [-0.39, 0.29) is 6.04 Å². The molecule has 0 radical (unpaired) electrons. The second-order valence-electron chi connectivity index (χ2n) is 4.98. The maximum absolute atomic E-state index is 6.31. The molecule has 2 rings (SSSR count). The van der Waals surface area contributed by atoms with Crippen LogP contribution in [0.1, 0.15) is 25.5 Å². The number of nitrogens with zero attached hydrogens (tertiary/aromatic N) is 1. The summed E-state index contributed by atoms with van der Waals surface area (Å²) in [6.07, 6.45) is 3.73. The molecular formula is C15H20N2S. The van der Waals surface area contributed by atoms with Gasteiger partial charge in [0.25, 0.3) is 0 Å². The number of benzene rings is 1. The van der Waals surface area contributed by atoms with E-state index in [0.717, 1.165) is 11.7 Å². The molecule has 1 atom stereocenters. The van der Waals surface area contributed by atoms with Gasteiger partial charge in [-0.15, -0.1) is 0 Å². The van der Waals surface area contributed by atoms with Gasteiger partial charge in [0, 0.05) is 29.6 Å². The van der Waals surface area contributed by atoms with Crippen LogP contribution in [-0.2, 0) is 0 Å². The third-order valence-electron chi connectivity index (χ3n) is 2.86. The summed E-state index contributed by atoms with van der Waals surface area (Å²) in [5.41, 5.74) is 7.53. The zero-order chi connectivity index (χ0) is 13.0. The SMILES string of the molecule is CC(C)CSCC(N)c1cccc2cnccc12. The summed E-state index contributed by atoms with van der Waals surface area (Å²) in [4.78, 5) is 4.15. The van der Waals surface area contributed by atoms with Crippen molar-refractivity contribution in [2.24, 2.45) is 11.7 Å². The lowest BCUT2D eigenvalue weighted by Crippen LogP contribution is -2.14. The fraction of sp³-hybridized carbons (Fsp3) is 0.400. The van der Waals surface area contributed by atoms with Gasteiger partial charge in [0.2, 0.25) is 0 Å². The monoisotopic (exact) mass is 260 g/mol. The lowest BCUT2D eigenvalue weighted by atomic mass is 10.0. The van der Waals surface area contributed by atoms with Crippen molar-refractivity contribution < 1.29 is 0 Å². The molecule has 18 heavy (non-hydrogen) atoms. The van der Waals surface area contributed by atoms with Crippen molar-refractivity contribution in [3.05, 3.63) is 42.2 Å². The van der Waals surface area contributed by atoms with Crippen LogP contribution in [0.4, 0.5) is 0 Å². The summed E-state index contributed by atoms with van der Waals surface area (Å²) in [6.45, 7) is 4.48. The van der Waals surface area contributed by atoms with Crippen molar-refractivity contribution in [3.63, 3.8) is 0 Å². The van der Waals surface area contributed by atoms with E-state index in [1.54, 1.807) is 0 Å². The highest BCUT2D eigenvalue weighted by atomic mass is 32.2. The van der Waals surface area contributed by atoms with Crippen LogP contribution < -0.4 is 5.73 Å². The molecule has 2 N–H and O–H groups in total. The molecule has 0 saturated carbocycles. The van der Waals surface area contributed by atoms with Crippen molar-refractivity contribution in [2.45, 2.75) is 19.9 Å². The Morgan fingerprint density at radius 1 is 1.22 bits per heavy atom. The van der Waals surface area contributed by atoms with Gasteiger partial charge in [-0.1, -0.05) is 32.0 Å². The predicted octanol–water partition coefficient (Wildman–Crippen LogP) is 3.62. The summed E-state index contributed by atoms with van der Waals surface area (Å²) < 4.78 is 0. The predicted molar refractivity (Wildman–Crippen MR) is 80.8 cm³/mol. The molecule has 1 heterocycles. The van der Waals surface area contributed by atoms with E-state index in [0.29, 0.717) is 0 Å². The first-order valence-corrected chi connectivity index (χ1v) is 7.50. The molecule has 1 aromatic heterocycles. The van der Waals surface area contributed by atoms with E-state index in [9.17, 15) is 0 Å². The van der Waals surface area contributed by atoms with Crippen LogP contribution in [0.3, 0.4) is 0 Å². The minimum Gasteiger partial charge on any atom is -0.323 e. The first-order chi connectivity index (χ1) is 8.68. The molecule has 0 aliphatic heterocycles. The minimum absolute atomic E-state index is 0.0971. The fourth-order valence-electron chi connectivity index (χ4n) is 1.99. The molecule has 0 aliphatic rings. The molecule has 0 fully saturated rings. The second-order valence-corrected chi connectivity index (χ2v) is 6.06. The lowest BCUT2D eigenvalue weighted by Gasteiger charge is -2.15. The topological polar surface area (TPSA) is 38.9 Å². The summed E-state index contributed by atoms with van der Waals surface area (Å²) in [7, 11) is 0. The zero-order valence-electron chi connectivity index (χ0n) is 11.0. The van der Waals surface area contributed by atoms with Gasteiger partial charge in [0.15, 0.2) is 0 Å². The van der Waals surface area contributed by atoms with Crippen LogP contribution in [0.5, 0.6) is 0 Å². The number of hydrogen-bond acceptors (Lipinski definition) is 3. The molecule has 0 spiro atoms. The minimum atomic E-state index is 0.0971. The van der Waals surface area contributed by atoms with E-state index < -0.39 is 0 Å². The van der Waals surface area contributed by atoms with Gasteiger partial charge in [0.05, 0.1) is 0 Å². The molecular weight excluding hydrogens is 240 g/mol. The normalized spacial score (nSPS) is 13.1. The number of pyridine rings is 1. The quantitative estimate of drug-likeness (QED) is 0.892. The van der Waals surface area contributed by atoms with Crippen molar-refractivity contribution in [1.82, 2.24) is 4.98 Å². The number of aromatic nitrogens is 1. The van der Waals surface area contributed by atoms with Crippen LogP contribution in [0.25, 0.3) is 10.8 Å². The highest BCUT2D eigenvalue weighted by Gasteiger charge is 2.10. The maximum Gasteiger partial charge on any atom is 0.0393 e. The number of hydrogen-bond donors (Lipinski definition) is 1. The third kappa shape index (κ3) is 3.24. The van der Waals surface area contributed by atoms with Crippen molar-refractivity contribution in [2.75, 3.05) is 11.5 Å². The van der Waals surface area contributed by atoms with Crippen LogP contribution in [0.15, 0.2) is 36.7 Å². The number of rotatable bonds is 5. The Labute approximate surface area is 113 Å². The van der Waals surface area contributed by atoms with E-state index in [2.05, 4.69) is 43.1 Å². The van der Waals surface area contributed by atoms with Gasteiger partial charge >= 0.3 is 0 Å². The van der Waals surface area contributed by atoms with Crippen molar-refractivity contribution in [3.8, 4) is 0 Å². The van der Waals surface area contributed by atoms with Crippen LogP contribution in [0, 0.1) is 5.92 Å². The maximum atomic E-state index is 6.31. The van der Waals surface area contributed by atoms with Gasteiger partial charge < -0.3 is 5.73 Å². The molecule has 1 unspecified atom stereocenters. The Bertz CT molecular complexity index is 505. The fourth-order valence-corrected chi connectivity index (χ4v) is 3.03. The summed E-state index contributed by atoms with van der Waals surface area (Å²) in [5.74, 6) is 2.86. The Morgan fingerprint density at radius 2 is 2.06 bits per heavy atom. The van der Waals surface area contributed by atoms with Crippen LogP contribution in [-0.4, -0.2) is 16.5 Å². The summed E-state index contributed by atoms with van der Waals surface area (Å²) in [5, 5.41) is 2.39. The van der Waals surface area contributed by atoms with E-state index >= 15 is 0 Å². The lowest BCUT2D eigenvalue weighted by molar-refractivity contribution is 0.746. The van der Waals surface area contributed by atoms with Crippen LogP contribution in [0.2, 0.25) is 0 Å². The molecule has 3 heteroatoms. The highest BCUT2D eigenvalue weighted by molar-refractivity contribution is 7.99. The molecule has 1 aromatic carbocycles. The molecule has 96 valence electrons. The molecule has 2 nitrogen and oxygen atoms in total. The zero-order valence-corrected chi connectivity index (χ0v) is 11.8. The van der Waals surface area contributed by atoms with E-state index in [1.165, 1.54) is 22.1 Å². The largest absolute Gasteiger partial charge is 0.323 e. The van der Waals surface area contributed by atoms with Crippen molar-refractivity contribution >= 4 is 22.5 Å². The average molecular weight is 260 g/mol. The standard InChI is InChI=1S/C15H20N2S/c1-11(2)9-18-10-15(16)14-5-3-4-12-8-17-7-6-13(12)14/h3-8,11,15H,9-10,16H2,1-2H3. The first kappa shape index (κ1) is 13.4. The summed E-state index contributed by atoms with van der Waals surface area (Å²) >= 11 is 1.93. The van der Waals surface area contributed by atoms with E-state index in [1.807, 2.05) is 24.2 Å². The third-order valence-corrected chi connectivity index (χ3v) is 4.36. The molecule has 2 aromatic rings. The summed E-state index contributed by atoms with van der Waals surface area (Å²) in [6, 6.07) is 8.42. The molecule has 0 amide bonds. The second kappa shape index (κ2) is 6.21. The average Bonchev–Trinajstić information content (AvgIpc) is 2.37. The van der Waals surface area contributed by atoms with Gasteiger partial charge in [-0.25, -0.2) is 0 Å². The smallest absolute Gasteiger partial charge is 0.0393 e. The van der Waals surface area contributed by atoms with Gasteiger partial charge in [-0.3, -0.25) is 4.98 Å². The highest BCUT2D eigenvalue weighted by Crippen LogP contribution is 2.25. The Hall–Kier alpha value is -1.06. The number of fused-ring (bicyclic) bond motifs is 1. The van der Waals surface area contributed by atoms with Gasteiger partial charge in [-0.05, 0) is 28.7 Å². The molecule has 0 bridgehead atoms. The number of nitrogens with two attached hydrogens (primary N) is 1. The van der Waals surface area contributed by atoms with Crippen LogP contribution >= 0.6 is 11.8 Å². The number of thioether (sulfide) groups is 1. The van der Waals surface area contributed by atoms with Crippen molar-refractivity contribution in [1.29, 1.82) is 0 Å². The molecule has 0 aliphatic carbocycles. The van der Waals surface area contributed by atoms with E-state index in [4.69, 9.17) is 5.73 Å². The Balaban J connectivity index is 2.15. The Kier molecular flexibility index (Phi) is 4.61. The first-order valence-electron chi connectivity index (χ1n) is 6.34. The molecule has 0 saturated heterocycles.